The lowest BCUT2D eigenvalue weighted by atomic mass is 9.48. The Bertz CT molecular complexity index is 1350. The van der Waals surface area contributed by atoms with Crippen LogP contribution in [0.2, 0.25) is 0 Å². The lowest BCUT2D eigenvalue weighted by Gasteiger charge is -2.64. The highest BCUT2D eigenvalue weighted by atomic mass is 16.6. The Morgan fingerprint density at radius 2 is 1.97 bits per heavy atom. The fourth-order valence-corrected chi connectivity index (χ4v) is 7.95. The van der Waals surface area contributed by atoms with Crippen molar-refractivity contribution in [1.82, 2.24) is 9.80 Å². The Labute approximate surface area is 226 Å². The zero-order valence-electron chi connectivity index (χ0n) is 21.9. The highest BCUT2D eigenvalue weighted by Gasteiger charge is 2.73. The normalized spacial score (nSPS) is 32.2. The van der Waals surface area contributed by atoms with E-state index in [1.165, 1.54) is 25.0 Å². The van der Waals surface area contributed by atoms with Crippen LogP contribution in [-0.2, 0) is 23.2 Å². The van der Waals surface area contributed by atoms with E-state index in [4.69, 9.17) is 9.47 Å². The van der Waals surface area contributed by atoms with E-state index in [2.05, 4.69) is 4.90 Å². The first-order valence-electron chi connectivity index (χ1n) is 13.8. The average molecular weight is 536 g/mol. The van der Waals surface area contributed by atoms with E-state index in [0.29, 0.717) is 36.5 Å². The number of non-ortho nitro benzene ring substituents is 1. The SMILES string of the molecule is CN(C(=O)OCc1ccc([N+](=O)[O-])cc1)[C@H]1CC[C@@]2(O)[C@H]3Cc4ccc(O)c5c4[C@@]2(CCN3CC2CC2)[C@H]1O5. The number of likely N-dealkylation sites (tertiary alicyclic amines) is 1. The van der Waals surface area contributed by atoms with Crippen LogP contribution in [0.25, 0.3) is 0 Å². The summed E-state index contributed by atoms with van der Waals surface area (Å²) in [6, 6.07) is 9.19. The van der Waals surface area contributed by atoms with Gasteiger partial charge in [-0.05, 0) is 80.3 Å². The van der Waals surface area contributed by atoms with E-state index < -0.39 is 28.1 Å². The maximum Gasteiger partial charge on any atom is 0.410 e. The van der Waals surface area contributed by atoms with Crippen LogP contribution in [0, 0.1) is 16.0 Å². The second-order valence-corrected chi connectivity index (χ2v) is 12.0. The summed E-state index contributed by atoms with van der Waals surface area (Å²) >= 11 is 0. The van der Waals surface area contributed by atoms with Crippen molar-refractivity contribution in [1.29, 1.82) is 0 Å². The molecule has 1 spiro atoms. The summed E-state index contributed by atoms with van der Waals surface area (Å²) in [4.78, 5) is 27.7. The molecule has 5 aliphatic rings. The molecule has 2 aromatic carbocycles. The highest BCUT2D eigenvalue weighted by molar-refractivity contribution is 5.69. The molecule has 0 unspecified atom stereocenters. The predicted octanol–water partition coefficient (Wildman–Crippen LogP) is 3.50. The molecule has 2 aromatic rings. The third-order valence-corrected chi connectivity index (χ3v) is 10.0. The van der Waals surface area contributed by atoms with Crippen molar-refractivity contribution in [3.8, 4) is 11.5 Å². The summed E-state index contributed by atoms with van der Waals surface area (Å²) < 4.78 is 12.1. The fourth-order valence-electron chi connectivity index (χ4n) is 7.95. The molecule has 206 valence electrons. The molecule has 0 radical (unpaired) electrons. The molecule has 5 atom stereocenters. The highest BCUT2D eigenvalue weighted by Crippen LogP contribution is 2.66. The molecule has 10 nitrogen and oxygen atoms in total. The maximum atomic E-state index is 13.2. The molecule has 2 N–H and O–H groups in total. The number of hydrogen-bond acceptors (Lipinski definition) is 8. The number of amides is 1. The van der Waals surface area contributed by atoms with Crippen molar-refractivity contribution < 1.29 is 29.4 Å². The maximum absolute atomic E-state index is 13.2. The van der Waals surface area contributed by atoms with Gasteiger partial charge in [0.15, 0.2) is 11.5 Å². The summed E-state index contributed by atoms with van der Waals surface area (Å²) in [7, 11) is 1.69. The summed E-state index contributed by atoms with van der Waals surface area (Å²) in [5, 5.41) is 34.3. The number of aromatic hydroxyl groups is 1. The Morgan fingerprint density at radius 3 is 2.69 bits per heavy atom. The van der Waals surface area contributed by atoms with Crippen LogP contribution in [-0.4, -0.2) is 75.0 Å². The van der Waals surface area contributed by atoms with Gasteiger partial charge in [0.2, 0.25) is 0 Å². The van der Waals surface area contributed by atoms with Crippen molar-refractivity contribution in [3.05, 3.63) is 63.2 Å². The molecule has 10 heteroatoms. The third kappa shape index (κ3) is 3.50. The first-order chi connectivity index (χ1) is 18.7. The van der Waals surface area contributed by atoms with Crippen LogP contribution >= 0.6 is 0 Å². The molecule has 0 aromatic heterocycles. The summed E-state index contributed by atoms with van der Waals surface area (Å²) in [5.41, 5.74) is 0.938. The van der Waals surface area contributed by atoms with Crippen LogP contribution in [0.4, 0.5) is 10.5 Å². The Kier molecular flexibility index (Phi) is 5.41. The van der Waals surface area contributed by atoms with Gasteiger partial charge in [0.1, 0.15) is 12.7 Å². The molecule has 2 heterocycles. The van der Waals surface area contributed by atoms with E-state index >= 15 is 0 Å². The minimum absolute atomic E-state index is 0.0160. The van der Waals surface area contributed by atoms with E-state index in [-0.39, 0.29) is 30.1 Å². The minimum atomic E-state index is -1.02. The Hall–Kier alpha value is -3.37. The Morgan fingerprint density at radius 1 is 1.21 bits per heavy atom. The second-order valence-electron chi connectivity index (χ2n) is 12.0. The molecule has 3 fully saturated rings. The third-order valence-electron chi connectivity index (χ3n) is 10.0. The standard InChI is InChI=1S/C29H33N3O7/c1-30(27(34)38-16-18-4-7-20(8-5-18)32(36)37)21-10-11-29(35)23-14-19-6-9-22(33)25-24(19)28(29,26(21)39-25)12-13-31(23)15-17-2-3-17/h4-9,17,21,23,26,33,35H,2-3,10-16H2,1H3/t21-,23+,26-,28-,29+/m0/s1. The molecule has 3 aliphatic carbocycles. The number of benzene rings is 2. The summed E-state index contributed by atoms with van der Waals surface area (Å²) in [6.07, 6.45) is 3.96. The smallest absolute Gasteiger partial charge is 0.410 e. The number of aliphatic hydroxyl groups is 1. The van der Waals surface area contributed by atoms with E-state index in [0.717, 1.165) is 30.6 Å². The van der Waals surface area contributed by atoms with E-state index in [1.54, 1.807) is 30.1 Å². The van der Waals surface area contributed by atoms with Gasteiger partial charge in [0.05, 0.1) is 22.0 Å². The molecule has 1 saturated heterocycles. The molecule has 2 aliphatic heterocycles. The zero-order valence-corrected chi connectivity index (χ0v) is 21.9. The lowest BCUT2D eigenvalue weighted by molar-refractivity contribution is -0.384. The van der Waals surface area contributed by atoms with Gasteiger partial charge in [-0.3, -0.25) is 15.0 Å². The van der Waals surface area contributed by atoms with Gasteiger partial charge in [0, 0.05) is 37.3 Å². The molecule has 2 saturated carbocycles. The first kappa shape index (κ1) is 24.7. The number of nitro benzene ring substituents is 1. The number of nitrogens with zero attached hydrogens (tertiary/aromatic N) is 3. The predicted molar refractivity (Wildman–Crippen MR) is 140 cm³/mol. The fraction of sp³-hybridized carbons (Fsp3) is 0.552. The Balaban J connectivity index is 1.17. The van der Waals surface area contributed by atoms with Crippen LogP contribution in [0.1, 0.15) is 48.8 Å². The average Bonchev–Trinajstić information content (AvgIpc) is 3.67. The van der Waals surface area contributed by atoms with E-state index in [9.17, 15) is 25.1 Å². The van der Waals surface area contributed by atoms with Crippen molar-refractivity contribution in [3.63, 3.8) is 0 Å². The lowest BCUT2D eigenvalue weighted by Crippen LogP contribution is -2.78. The monoisotopic (exact) mass is 535 g/mol. The number of hydrogen-bond donors (Lipinski definition) is 2. The molecular weight excluding hydrogens is 502 g/mol. The van der Waals surface area contributed by atoms with Gasteiger partial charge >= 0.3 is 6.09 Å². The van der Waals surface area contributed by atoms with Crippen LogP contribution in [0.3, 0.4) is 0 Å². The number of likely N-dealkylation sites (N-methyl/N-ethyl adjacent to an activating group) is 1. The number of nitro groups is 1. The van der Waals surface area contributed by atoms with Crippen LogP contribution < -0.4 is 4.74 Å². The van der Waals surface area contributed by atoms with Crippen LogP contribution in [0.5, 0.6) is 11.5 Å². The number of ether oxygens (including phenoxy) is 2. The van der Waals surface area contributed by atoms with Crippen LogP contribution in [0.15, 0.2) is 36.4 Å². The topological polar surface area (TPSA) is 126 Å². The largest absolute Gasteiger partial charge is 0.504 e. The number of carbonyl (C=O) groups excluding carboxylic acids is 1. The van der Waals surface area contributed by atoms with Gasteiger partial charge in [-0.25, -0.2) is 4.79 Å². The number of phenols is 1. The van der Waals surface area contributed by atoms with Crippen molar-refractivity contribution in [2.45, 2.75) is 74.3 Å². The quantitative estimate of drug-likeness (QED) is 0.425. The molecule has 39 heavy (non-hydrogen) atoms. The summed E-state index contributed by atoms with van der Waals surface area (Å²) in [6.45, 7) is 1.84. The number of phenolic OH excluding ortho intramolecular Hbond substituents is 1. The van der Waals surface area contributed by atoms with Gasteiger partial charge < -0.3 is 24.6 Å². The van der Waals surface area contributed by atoms with Crippen molar-refractivity contribution >= 4 is 11.8 Å². The molecule has 7 rings (SSSR count). The molecule has 2 bridgehead atoms. The number of piperidine rings is 1. The second kappa shape index (κ2) is 8.56. The van der Waals surface area contributed by atoms with Gasteiger partial charge in [-0.2, -0.15) is 0 Å². The first-order valence-corrected chi connectivity index (χ1v) is 13.8. The summed E-state index contributed by atoms with van der Waals surface area (Å²) in [5.74, 6) is 1.23. The van der Waals surface area contributed by atoms with Crippen molar-refractivity contribution in [2.24, 2.45) is 5.92 Å². The van der Waals surface area contributed by atoms with Gasteiger partial charge in [0.25, 0.3) is 5.69 Å². The zero-order chi connectivity index (χ0) is 27.1. The number of rotatable bonds is 6. The van der Waals surface area contributed by atoms with Gasteiger partial charge in [-0.15, -0.1) is 0 Å². The number of carbonyl (C=O) groups is 1. The molecular formula is C29H33N3O7. The van der Waals surface area contributed by atoms with Gasteiger partial charge in [-0.1, -0.05) is 6.07 Å². The van der Waals surface area contributed by atoms with E-state index in [1.807, 2.05) is 6.07 Å². The molecule has 1 amide bonds. The van der Waals surface area contributed by atoms with Crippen molar-refractivity contribution in [2.75, 3.05) is 20.1 Å². The minimum Gasteiger partial charge on any atom is -0.504 e.